The second-order valence-corrected chi connectivity index (χ2v) is 16.0. The van der Waals surface area contributed by atoms with Crippen molar-refractivity contribution in [3.05, 3.63) is 149 Å². The van der Waals surface area contributed by atoms with Crippen molar-refractivity contribution in [1.82, 2.24) is 5.32 Å². The Morgan fingerprint density at radius 1 is 1.06 bits per heavy atom. The zero-order valence-electron chi connectivity index (χ0n) is 34.3. The van der Waals surface area contributed by atoms with Crippen LogP contribution in [-0.4, -0.2) is 0 Å². The fourth-order valence-corrected chi connectivity index (χ4v) is 10.1. The molecule has 4 atom stereocenters. The van der Waals surface area contributed by atoms with E-state index < -0.39 is 0 Å². The largest absolute Gasteiger partial charge is 0.399 e. The zero-order chi connectivity index (χ0) is 38.7. The lowest BCUT2D eigenvalue weighted by atomic mass is 9.39. The Balaban J connectivity index is 0.00000209. The molecule has 3 N–H and O–H groups in total. The molecule has 0 saturated heterocycles. The standard InChI is InChI=1S/C44H60N2.C2H6.C2H4/c1-17-20-21-33(18-2)32(10)46-24-34-22-37(41(11,12)13)27(5)38-28(6)40-30(8)44(16)29(7)39(31(9)45)26(4)36(19-3)43(44,15)25-42(40,14)23-35(34)38;2*1-2/h17-18,20-22,36,46H,2,6-7,9-10,19,23-25,45H2,1,3-5,8,11-16H3;1-2H3;1-2H2/b20-17-,33-21+;;/t36-,42+,43+,44+;;/m1../s1. The Morgan fingerprint density at radius 3 is 2.12 bits per heavy atom. The Morgan fingerprint density at radius 2 is 1.64 bits per heavy atom. The number of nitrogens with one attached hydrogen (secondary N) is 1. The van der Waals surface area contributed by atoms with Gasteiger partial charge in [0.2, 0.25) is 0 Å². The number of nitrogens with two attached hydrogens (primary N) is 1. The highest BCUT2D eigenvalue weighted by molar-refractivity contribution is 5.87. The van der Waals surface area contributed by atoms with Crippen LogP contribution in [0.1, 0.15) is 124 Å². The predicted octanol–water partition coefficient (Wildman–Crippen LogP) is 13.1. The summed E-state index contributed by atoms with van der Waals surface area (Å²) in [6, 6.07) is 2.45. The first-order valence-corrected chi connectivity index (χ1v) is 18.6. The number of fused-ring (bicyclic) bond motifs is 3. The van der Waals surface area contributed by atoms with E-state index in [0.717, 1.165) is 41.7 Å². The number of hydrogen-bond acceptors (Lipinski definition) is 2. The molecule has 2 heteroatoms. The third-order valence-electron chi connectivity index (χ3n) is 12.2. The van der Waals surface area contributed by atoms with Gasteiger partial charge >= 0.3 is 0 Å². The van der Waals surface area contributed by atoms with Gasteiger partial charge in [-0.05, 0) is 125 Å². The van der Waals surface area contributed by atoms with Crippen molar-refractivity contribution in [3.8, 4) is 0 Å². The molecule has 50 heavy (non-hydrogen) atoms. The van der Waals surface area contributed by atoms with E-state index in [4.69, 9.17) is 18.9 Å². The quantitative estimate of drug-likeness (QED) is 0.213. The van der Waals surface area contributed by atoms with Gasteiger partial charge in [0.05, 0.1) is 0 Å². The van der Waals surface area contributed by atoms with Crippen LogP contribution in [-0.2, 0) is 18.4 Å². The molecule has 0 heterocycles. The minimum atomic E-state index is -0.266. The van der Waals surface area contributed by atoms with Crippen LogP contribution in [0.25, 0.3) is 5.57 Å². The molecular formula is C48H70N2. The van der Waals surface area contributed by atoms with Gasteiger partial charge < -0.3 is 11.1 Å². The number of benzene rings is 1. The molecule has 1 aromatic carbocycles. The summed E-state index contributed by atoms with van der Waals surface area (Å²) in [7, 11) is 0. The van der Waals surface area contributed by atoms with Crippen molar-refractivity contribution in [3.63, 3.8) is 0 Å². The minimum Gasteiger partial charge on any atom is -0.399 e. The molecule has 272 valence electrons. The van der Waals surface area contributed by atoms with E-state index in [9.17, 15) is 0 Å². The molecule has 3 aliphatic rings. The van der Waals surface area contributed by atoms with Crippen molar-refractivity contribution < 1.29 is 0 Å². The summed E-state index contributed by atoms with van der Waals surface area (Å²) in [4.78, 5) is 0. The second kappa shape index (κ2) is 15.6. The Hall–Kier alpha value is -3.78. The van der Waals surface area contributed by atoms with Gasteiger partial charge in [-0.25, -0.2) is 0 Å². The first kappa shape index (κ1) is 42.4. The highest BCUT2D eigenvalue weighted by Gasteiger charge is 2.62. The highest BCUT2D eigenvalue weighted by Crippen LogP contribution is 2.72. The van der Waals surface area contributed by atoms with E-state index in [2.05, 4.69) is 120 Å². The van der Waals surface area contributed by atoms with E-state index in [0.29, 0.717) is 18.2 Å². The van der Waals surface area contributed by atoms with Crippen LogP contribution >= 0.6 is 0 Å². The molecule has 1 aromatic rings. The van der Waals surface area contributed by atoms with Gasteiger partial charge in [-0.1, -0.05) is 137 Å². The molecule has 0 unspecified atom stereocenters. The summed E-state index contributed by atoms with van der Waals surface area (Å²) >= 11 is 0. The smallest absolute Gasteiger partial charge is 0.0403 e. The third kappa shape index (κ3) is 6.68. The molecule has 0 fully saturated rings. The summed E-state index contributed by atoms with van der Waals surface area (Å²) in [5, 5.41) is 3.67. The Labute approximate surface area is 308 Å². The number of allylic oxidation sites excluding steroid dienone is 9. The van der Waals surface area contributed by atoms with Crippen LogP contribution in [0.3, 0.4) is 0 Å². The summed E-state index contributed by atoms with van der Waals surface area (Å²) in [6.07, 6.45) is 11.0. The first-order valence-electron chi connectivity index (χ1n) is 18.6. The molecule has 0 bridgehead atoms. The van der Waals surface area contributed by atoms with Gasteiger partial charge in [0.15, 0.2) is 0 Å². The number of rotatable bonds is 8. The van der Waals surface area contributed by atoms with Gasteiger partial charge in [-0.15, -0.1) is 13.2 Å². The van der Waals surface area contributed by atoms with Gasteiger partial charge in [0.25, 0.3) is 0 Å². The van der Waals surface area contributed by atoms with E-state index >= 15 is 0 Å². The predicted molar refractivity (Wildman–Crippen MR) is 225 cm³/mol. The summed E-state index contributed by atoms with van der Waals surface area (Å²) < 4.78 is 0. The Bertz CT molecular complexity index is 1690. The van der Waals surface area contributed by atoms with Gasteiger partial charge in [-0.2, -0.15) is 0 Å². The monoisotopic (exact) mass is 675 g/mol. The average Bonchev–Trinajstić information content (AvgIpc) is 3.04. The maximum atomic E-state index is 6.51. The van der Waals surface area contributed by atoms with Gasteiger partial charge in [-0.3, -0.25) is 0 Å². The van der Waals surface area contributed by atoms with Crippen molar-refractivity contribution in [2.45, 2.75) is 121 Å². The lowest BCUT2D eigenvalue weighted by Gasteiger charge is -2.64. The molecule has 2 nitrogen and oxygen atoms in total. The maximum Gasteiger partial charge on any atom is 0.0403 e. The molecule has 3 aliphatic carbocycles. The summed E-state index contributed by atoms with van der Waals surface area (Å²) in [6.45, 7) is 58.7. The molecule has 0 radical (unpaired) electrons. The third-order valence-corrected chi connectivity index (χ3v) is 12.2. The van der Waals surface area contributed by atoms with Crippen LogP contribution < -0.4 is 11.1 Å². The Kier molecular flexibility index (Phi) is 13.2. The van der Waals surface area contributed by atoms with E-state index in [1.165, 1.54) is 50.1 Å². The van der Waals surface area contributed by atoms with E-state index in [1.807, 2.05) is 39.0 Å². The minimum absolute atomic E-state index is 0.0186. The molecule has 0 amide bonds. The summed E-state index contributed by atoms with van der Waals surface area (Å²) in [5.41, 5.74) is 22.9. The SMILES string of the molecule is C=C.C=C/C(=C\C=C/C)C(=C)NCc1cc(C(C)(C)C)c(C)c2c1C[C@@]1(C)C[C@@]3(C)[C@H](CC)C(C)=C(C(=C)N)C(=C)[C@@]3(C)C(C)=C1C2=C.CC. The normalized spacial score (nSPS) is 26.2. The van der Waals surface area contributed by atoms with Crippen LogP contribution in [0.4, 0.5) is 0 Å². The summed E-state index contributed by atoms with van der Waals surface area (Å²) in [5.74, 6) is 0.372. The van der Waals surface area contributed by atoms with E-state index in [1.54, 1.807) is 0 Å². The van der Waals surface area contributed by atoms with Gasteiger partial charge in [0, 0.05) is 23.4 Å². The maximum absolute atomic E-state index is 6.51. The van der Waals surface area contributed by atoms with Crippen LogP contribution in [0.2, 0.25) is 0 Å². The zero-order valence-corrected chi connectivity index (χ0v) is 34.3. The van der Waals surface area contributed by atoms with E-state index in [-0.39, 0.29) is 21.7 Å². The molecule has 0 spiro atoms. The van der Waals surface area contributed by atoms with Crippen molar-refractivity contribution in [2.75, 3.05) is 0 Å². The van der Waals surface area contributed by atoms with Crippen molar-refractivity contribution >= 4 is 5.57 Å². The van der Waals surface area contributed by atoms with Crippen LogP contribution in [0.5, 0.6) is 0 Å². The fraction of sp³-hybridized carbons (Fsp3) is 0.458. The molecule has 0 aliphatic heterocycles. The molecular weight excluding hydrogens is 605 g/mol. The van der Waals surface area contributed by atoms with Crippen LogP contribution in [0.15, 0.2) is 121 Å². The lowest BCUT2D eigenvalue weighted by molar-refractivity contribution is 0.00570. The second-order valence-electron chi connectivity index (χ2n) is 16.0. The lowest BCUT2D eigenvalue weighted by Crippen LogP contribution is -2.56. The average molecular weight is 675 g/mol. The van der Waals surface area contributed by atoms with Crippen molar-refractivity contribution in [2.24, 2.45) is 27.9 Å². The van der Waals surface area contributed by atoms with Gasteiger partial charge in [0.1, 0.15) is 0 Å². The fourth-order valence-electron chi connectivity index (χ4n) is 10.1. The molecule has 0 saturated carbocycles. The molecule has 4 rings (SSSR count). The number of hydrogen-bond donors (Lipinski definition) is 2. The topological polar surface area (TPSA) is 38.0 Å². The van der Waals surface area contributed by atoms with Crippen molar-refractivity contribution in [1.29, 1.82) is 0 Å². The van der Waals surface area contributed by atoms with Crippen LogP contribution in [0, 0.1) is 29.1 Å². The first-order chi connectivity index (χ1) is 23.3. The highest BCUT2D eigenvalue weighted by atomic mass is 14.9. The molecule has 0 aromatic heterocycles.